The van der Waals surface area contributed by atoms with Gasteiger partial charge in [0.1, 0.15) is 0 Å². The van der Waals surface area contributed by atoms with Crippen molar-refractivity contribution >= 4 is 23.0 Å². The third kappa shape index (κ3) is 4.12. The van der Waals surface area contributed by atoms with Crippen LogP contribution >= 0.6 is 0 Å². The number of amides is 1. The molecule has 0 bridgehead atoms. The number of H-pyrrole nitrogens is 1. The predicted molar refractivity (Wildman–Crippen MR) is 120 cm³/mol. The molecule has 0 spiro atoms. The van der Waals surface area contributed by atoms with Gasteiger partial charge in [-0.3, -0.25) is 4.79 Å². The second-order valence-electron chi connectivity index (χ2n) is 9.26. The van der Waals surface area contributed by atoms with Gasteiger partial charge in [-0.2, -0.15) is 5.10 Å². The molecule has 4 rings (SSSR count). The van der Waals surface area contributed by atoms with Gasteiger partial charge in [0.15, 0.2) is 0 Å². The van der Waals surface area contributed by atoms with Crippen LogP contribution in [0.5, 0.6) is 0 Å². The summed E-state index contributed by atoms with van der Waals surface area (Å²) in [4.78, 5) is 16.1. The molecule has 0 saturated carbocycles. The van der Waals surface area contributed by atoms with Crippen molar-refractivity contribution in [2.75, 3.05) is 0 Å². The molecule has 0 radical (unpaired) electrons. The van der Waals surface area contributed by atoms with Crippen molar-refractivity contribution in [2.45, 2.75) is 52.4 Å². The predicted octanol–water partition coefficient (Wildman–Crippen LogP) is 5.35. The second-order valence-corrected chi connectivity index (χ2v) is 9.26. The van der Waals surface area contributed by atoms with Crippen LogP contribution in [0.2, 0.25) is 0 Å². The van der Waals surface area contributed by atoms with Crippen LogP contribution in [0.3, 0.4) is 0 Å². The fraction of sp³-hybridized carbons (Fsp3) is 0.360. The van der Waals surface area contributed by atoms with Gasteiger partial charge in [0.2, 0.25) is 0 Å². The summed E-state index contributed by atoms with van der Waals surface area (Å²) in [6.07, 6.45) is 5.06. The Morgan fingerprint density at radius 2 is 1.93 bits per heavy atom. The van der Waals surface area contributed by atoms with Crippen molar-refractivity contribution in [3.63, 3.8) is 0 Å². The van der Waals surface area contributed by atoms with E-state index in [0.29, 0.717) is 11.5 Å². The zero-order valence-electron chi connectivity index (χ0n) is 17.7. The molecule has 1 amide bonds. The zero-order chi connectivity index (χ0) is 20.6. The van der Waals surface area contributed by atoms with Gasteiger partial charge in [0.05, 0.1) is 6.21 Å². The number of fused-ring (bicyclic) bond motifs is 3. The Morgan fingerprint density at radius 3 is 2.66 bits per heavy atom. The molecule has 0 fully saturated rings. The minimum absolute atomic E-state index is 0.123. The van der Waals surface area contributed by atoms with Crippen molar-refractivity contribution in [3.05, 3.63) is 70.4 Å². The average molecular weight is 388 g/mol. The number of rotatable bonds is 3. The lowest BCUT2D eigenvalue weighted by atomic mass is 9.87. The molecule has 1 aromatic heterocycles. The molecule has 0 saturated heterocycles. The van der Waals surface area contributed by atoms with E-state index in [1.165, 1.54) is 28.6 Å². The van der Waals surface area contributed by atoms with Crippen molar-refractivity contribution in [1.29, 1.82) is 0 Å². The topological polar surface area (TPSA) is 57.2 Å². The van der Waals surface area contributed by atoms with Crippen LogP contribution in [0.25, 0.3) is 10.9 Å². The van der Waals surface area contributed by atoms with Gasteiger partial charge in [0, 0.05) is 22.2 Å². The number of nitrogens with one attached hydrogen (secondary N) is 2. The fourth-order valence-corrected chi connectivity index (χ4v) is 4.03. The maximum atomic E-state index is 12.6. The third-order valence-electron chi connectivity index (χ3n) is 5.85. The molecular formula is C25H29N3O. The van der Waals surface area contributed by atoms with Crippen LogP contribution in [-0.4, -0.2) is 17.1 Å². The van der Waals surface area contributed by atoms with E-state index in [9.17, 15) is 4.79 Å². The molecule has 2 N–H and O–H groups in total. The summed E-state index contributed by atoms with van der Waals surface area (Å²) >= 11 is 0. The molecule has 4 heteroatoms. The Hall–Kier alpha value is -2.88. The zero-order valence-corrected chi connectivity index (χ0v) is 17.7. The Morgan fingerprint density at radius 1 is 1.17 bits per heavy atom. The average Bonchev–Trinajstić information content (AvgIpc) is 3.04. The van der Waals surface area contributed by atoms with Crippen molar-refractivity contribution < 1.29 is 4.79 Å². The molecule has 3 aromatic rings. The van der Waals surface area contributed by atoms with E-state index >= 15 is 0 Å². The first-order chi connectivity index (χ1) is 13.8. The molecule has 1 unspecified atom stereocenters. The summed E-state index contributed by atoms with van der Waals surface area (Å²) < 4.78 is 0. The third-order valence-corrected chi connectivity index (χ3v) is 5.85. The Balaban J connectivity index is 1.48. The lowest BCUT2D eigenvalue weighted by Crippen LogP contribution is -2.17. The first kappa shape index (κ1) is 19.4. The second kappa shape index (κ2) is 7.51. The molecule has 1 aliphatic carbocycles. The number of aromatic amines is 1. The van der Waals surface area contributed by atoms with Gasteiger partial charge in [-0.25, -0.2) is 5.43 Å². The Kier molecular flexibility index (Phi) is 5.03. The summed E-state index contributed by atoms with van der Waals surface area (Å²) in [5, 5.41) is 5.31. The summed E-state index contributed by atoms with van der Waals surface area (Å²) in [6, 6.07) is 14.1. The largest absolute Gasteiger partial charge is 0.358 e. The Labute approximate surface area is 172 Å². The summed E-state index contributed by atoms with van der Waals surface area (Å²) in [5.41, 5.74) is 9.46. The highest BCUT2D eigenvalue weighted by molar-refractivity contribution is 5.99. The van der Waals surface area contributed by atoms with E-state index in [2.05, 4.69) is 55.3 Å². The minimum atomic E-state index is -0.187. The molecule has 150 valence electrons. The summed E-state index contributed by atoms with van der Waals surface area (Å²) in [5.74, 6) is 0.501. The Bertz CT molecular complexity index is 1070. The van der Waals surface area contributed by atoms with Gasteiger partial charge in [-0.15, -0.1) is 0 Å². The van der Waals surface area contributed by atoms with E-state index < -0.39 is 0 Å². The van der Waals surface area contributed by atoms with Crippen LogP contribution in [0.15, 0.2) is 47.6 Å². The molecule has 2 aromatic carbocycles. The molecule has 29 heavy (non-hydrogen) atoms. The maximum absolute atomic E-state index is 12.6. The number of aromatic nitrogens is 1. The van der Waals surface area contributed by atoms with Gasteiger partial charge in [-0.05, 0) is 65.5 Å². The van der Waals surface area contributed by atoms with Gasteiger partial charge >= 0.3 is 0 Å². The molecule has 4 nitrogen and oxygen atoms in total. The van der Waals surface area contributed by atoms with Crippen molar-refractivity contribution in [3.8, 4) is 0 Å². The minimum Gasteiger partial charge on any atom is -0.358 e. The number of hydrogen-bond acceptors (Lipinski definition) is 2. The van der Waals surface area contributed by atoms with Crippen LogP contribution in [0.4, 0.5) is 0 Å². The molecule has 1 aliphatic rings. The van der Waals surface area contributed by atoms with Gasteiger partial charge in [-0.1, -0.05) is 52.0 Å². The lowest BCUT2D eigenvalue weighted by molar-refractivity contribution is 0.0955. The quantitative estimate of drug-likeness (QED) is 0.462. The lowest BCUT2D eigenvalue weighted by Gasteiger charge is -2.18. The molecular weight excluding hydrogens is 358 g/mol. The van der Waals surface area contributed by atoms with E-state index in [4.69, 9.17) is 0 Å². The molecule has 0 aliphatic heterocycles. The number of carbonyl (C=O) groups is 1. The molecule has 1 heterocycles. The summed E-state index contributed by atoms with van der Waals surface area (Å²) in [7, 11) is 0. The first-order valence-electron chi connectivity index (χ1n) is 10.4. The first-order valence-corrected chi connectivity index (χ1v) is 10.4. The SMILES string of the molecule is CC1CCc2[nH]c3ccc(C(=O)N/N=C\c4ccc(C(C)(C)C)cc4)cc3c2C1. The van der Waals surface area contributed by atoms with Crippen LogP contribution < -0.4 is 5.43 Å². The van der Waals surface area contributed by atoms with Crippen LogP contribution in [0.1, 0.15) is 66.9 Å². The fourth-order valence-electron chi connectivity index (χ4n) is 4.03. The van der Waals surface area contributed by atoms with E-state index in [1.807, 2.05) is 30.3 Å². The number of nitrogens with zero attached hydrogens (tertiary/aromatic N) is 1. The monoisotopic (exact) mass is 387 g/mol. The van der Waals surface area contributed by atoms with E-state index in [0.717, 1.165) is 23.9 Å². The van der Waals surface area contributed by atoms with E-state index in [-0.39, 0.29) is 11.3 Å². The van der Waals surface area contributed by atoms with Crippen molar-refractivity contribution in [2.24, 2.45) is 11.0 Å². The summed E-state index contributed by atoms with van der Waals surface area (Å²) in [6.45, 7) is 8.86. The maximum Gasteiger partial charge on any atom is 0.271 e. The van der Waals surface area contributed by atoms with Crippen LogP contribution in [0, 0.1) is 5.92 Å². The highest BCUT2D eigenvalue weighted by Crippen LogP contribution is 2.32. The van der Waals surface area contributed by atoms with Crippen molar-refractivity contribution in [1.82, 2.24) is 10.4 Å². The number of hydrogen-bond donors (Lipinski definition) is 2. The number of benzene rings is 2. The number of aryl methyl sites for hydroxylation is 1. The standard InChI is InChI=1S/C25H29N3O/c1-16-5-11-22-20(13-16)21-14-18(8-12-23(21)27-22)24(29)28-26-15-17-6-9-19(10-7-17)25(2,3)4/h6-10,12,14-16,27H,5,11,13H2,1-4H3,(H,28,29)/b26-15-. The van der Waals surface area contributed by atoms with Gasteiger partial charge < -0.3 is 4.98 Å². The number of carbonyl (C=O) groups excluding carboxylic acids is 1. The molecule has 1 atom stereocenters. The highest BCUT2D eigenvalue weighted by Gasteiger charge is 2.20. The smallest absolute Gasteiger partial charge is 0.271 e. The number of hydrazone groups is 1. The highest BCUT2D eigenvalue weighted by atomic mass is 16.2. The van der Waals surface area contributed by atoms with E-state index in [1.54, 1.807) is 6.21 Å². The van der Waals surface area contributed by atoms with Gasteiger partial charge in [0.25, 0.3) is 5.91 Å². The van der Waals surface area contributed by atoms with Crippen LogP contribution in [-0.2, 0) is 18.3 Å². The normalized spacial score (nSPS) is 16.9.